The fourth-order valence-corrected chi connectivity index (χ4v) is 9.55. The third kappa shape index (κ3) is 7.79. The van der Waals surface area contributed by atoms with Crippen molar-refractivity contribution in [1.29, 1.82) is 0 Å². The van der Waals surface area contributed by atoms with Crippen LogP contribution >= 0.6 is 11.6 Å². The van der Waals surface area contributed by atoms with E-state index in [-0.39, 0.29) is 65.3 Å². The third-order valence-corrected chi connectivity index (χ3v) is 12.7. The number of halogens is 3. The summed E-state index contributed by atoms with van der Waals surface area (Å²) in [5.41, 5.74) is 7.55. The van der Waals surface area contributed by atoms with Gasteiger partial charge in [0, 0.05) is 60.6 Å². The quantitative estimate of drug-likeness (QED) is 0.0934. The van der Waals surface area contributed by atoms with Gasteiger partial charge in [-0.05, 0) is 80.7 Å². The minimum Gasteiger partial charge on any atom is -0.488 e. The summed E-state index contributed by atoms with van der Waals surface area (Å²) in [5, 5.41) is 20.5. The first-order valence-electron chi connectivity index (χ1n) is 20.6. The van der Waals surface area contributed by atoms with Gasteiger partial charge < -0.3 is 30.5 Å². The van der Waals surface area contributed by atoms with E-state index in [1.54, 1.807) is 0 Å². The fraction of sp³-hybridized carbons (Fsp3) is 0.378. The molecular formula is C45H48ClF2N7O6. The van der Waals surface area contributed by atoms with Crippen molar-refractivity contribution in [2.45, 2.75) is 50.0 Å². The Hall–Kier alpha value is -5.61. The van der Waals surface area contributed by atoms with Crippen LogP contribution in [0, 0.1) is 11.6 Å². The zero-order chi connectivity index (χ0) is 43.0. The predicted octanol–water partition coefficient (Wildman–Crippen LogP) is 6.34. The summed E-state index contributed by atoms with van der Waals surface area (Å²) in [6.07, 6.45) is 2.99. The van der Waals surface area contributed by atoms with E-state index in [1.165, 1.54) is 28.7 Å². The summed E-state index contributed by atoms with van der Waals surface area (Å²) >= 11 is 6.68. The SMILES string of the molecule is CC1c2c(cc(F)c(Cl)c2-c2c(C(N)=O)ccc(OCCO)c2F)OC1(CNCCCN1CCC(c2cccc3c(N4CCC(=O)NC4=O)nn(C)c23)CC1)c1ccccc1. The van der Waals surface area contributed by atoms with Gasteiger partial charge in [-0.15, -0.1) is 0 Å². The molecule has 61 heavy (non-hydrogen) atoms. The topological polar surface area (TPSA) is 164 Å². The average molecular weight is 856 g/mol. The number of nitrogens with one attached hydrogen (secondary N) is 2. The molecule has 1 aromatic heterocycles. The number of amides is 4. The van der Waals surface area contributed by atoms with E-state index >= 15 is 8.78 Å². The monoisotopic (exact) mass is 855 g/mol. The molecule has 5 aromatic rings. The maximum atomic E-state index is 16.4. The standard InChI is InChI=1S/C45H48ClF2N7O6/c1-26-36-34(24-32(47)39(46)38(36)37-30(42(49)58)12-13-33(40(37)48)60-23-22-56)61-45(26,28-8-4-3-5-9-28)25-50-17-7-18-54-19-14-27(15-20-54)29-10-6-11-31-41(29)53(2)52-43(31)55-21-16-35(57)51-44(55)59/h3-6,8-13,24,26-27,50,56H,7,14-23,25H2,1-2H3,(H2,49,58)(H,51,57,59). The molecule has 3 aliphatic rings. The van der Waals surface area contributed by atoms with Gasteiger partial charge in [0.1, 0.15) is 18.2 Å². The molecule has 0 aliphatic carbocycles. The lowest BCUT2D eigenvalue weighted by molar-refractivity contribution is -0.120. The van der Waals surface area contributed by atoms with E-state index in [0.29, 0.717) is 30.4 Å². The number of hydrogen-bond acceptors (Lipinski definition) is 9. The maximum absolute atomic E-state index is 16.4. The lowest BCUT2D eigenvalue weighted by Gasteiger charge is -2.35. The second kappa shape index (κ2) is 17.4. The van der Waals surface area contributed by atoms with E-state index < -0.39 is 35.1 Å². The number of hydrogen-bond donors (Lipinski definition) is 4. The molecule has 16 heteroatoms. The highest BCUT2D eigenvalue weighted by molar-refractivity contribution is 6.34. The highest BCUT2D eigenvalue weighted by Crippen LogP contribution is 2.56. The van der Waals surface area contributed by atoms with E-state index in [0.717, 1.165) is 55.4 Å². The molecule has 2 atom stereocenters. The second-order valence-electron chi connectivity index (χ2n) is 15.9. The number of nitrogens with two attached hydrogens (primary N) is 1. The van der Waals surface area contributed by atoms with Crippen molar-refractivity contribution < 1.29 is 37.7 Å². The number of ether oxygens (including phenoxy) is 2. The Morgan fingerprint density at radius 2 is 1.85 bits per heavy atom. The number of benzene rings is 4. The Bertz CT molecular complexity index is 2500. The number of para-hydroxylation sites is 1. The number of rotatable bonds is 14. The van der Waals surface area contributed by atoms with Crippen molar-refractivity contribution >= 4 is 46.2 Å². The largest absolute Gasteiger partial charge is 0.488 e. The Labute approximate surface area is 356 Å². The normalized spacial score (nSPS) is 19.6. The van der Waals surface area contributed by atoms with Crippen molar-refractivity contribution in [3.05, 3.63) is 106 Å². The summed E-state index contributed by atoms with van der Waals surface area (Å²) in [6.45, 7) is 5.29. The highest BCUT2D eigenvalue weighted by atomic mass is 35.5. The van der Waals surface area contributed by atoms with Gasteiger partial charge in [-0.2, -0.15) is 5.10 Å². The molecule has 4 amide bonds. The fourth-order valence-electron chi connectivity index (χ4n) is 9.30. The van der Waals surface area contributed by atoms with Crippen molar-refractivity contribution in [3.8, 4) is 22.6 Å². The van der Waals surface area contributed by atoms with Gasteiger partial charge in [0.2, 0.25) is 11.8 Å². The molecule has 2 unspecified atom stereocenters. The number of piperidine rings is 1. The number of aromatic nitrogens is 2. The van der Waals surface area contributed by atoms with Gasteiger partial charge >= 0.3 is 6.03 Å². The molecule has 320 valence electrons. The van der Waals surface area contributed by atoms with Crippen LogP contribution in [-0.4, -0.2) is 90.1 Å². The number of likely N-dealkylation sites (tertiary alicyclic amines) is 1. The number of imide groups is 1. The molecule has 0 saturated carbocycles. The number of primary amides is 1. The van der Waals surface area contributed by atoms with Crippen LogP contribution in [0.25, 0.3) is 22.0 Å². The van der Waals surface area contributed by atoms with Crippen LogP contribution < -0.4 is 30.7 Å². The van der Waals surface area contributed by atoms with Gasteiger partial charge in [0.05, 0.1) is 22.7 Å². The number of carbonyl (C=O) groups is 3. The molecule has 0 spiro atoms. The Morgan fingerprint density at radius 1 is 1.08 bits per heavy atom. The molecule has 0 bridgehead atoms. The minimum atomic E-state index is -1.07. The van der Waals surface area contributed by atoms with Crippen LogP contribution in [0.3, 0.4) is 0 Å². The van der Waals surface area contributed by atoms with Gasteiger partial charge in [0.25, 0.3) is 0 Å². The van der Waals surface area contributed by atoms with Crippen LogP contribution in [-0.2, 0) is 17.4 Å². The van der Waals surface area contributed by atoms with Gasteiger partial charge in [-0.25, -0.2) is 13.6 Å². The van der Waals surface area contributed by atoms with E-state index in [1.807, 2.05) is 61.1 Å². The first-order chi connectivity index (χ1) is 29.4. The molecule has 5 N–H and O–H groups in total. The van der Waals surface area contributed by atoms with E-state index in [2.05, 4.69) is 21.6 Å². The lowest BCUT2D eigenvalue weighted by atomic mass is 9.77. The minimum absolute atomic E-state index is 0.0433. The summed E-state index contributed by atoms with van der Waals surface area (Å²) in [4.78, 5) is 41.1. The van der Waals surface area contributed by atoms with Gasteiger partial charge in [-0.3, -0.25) is 24.5 Å². The number of aliphatic hydroxyl groups is 1. The first-order valence-corrected chi connectivity index (χ1v) is 20.9. The molecule has 0 radical (unpaired) electrons. The smallest absolute Gasteiger partial charge is 0.329 e. The maximum Gasteiger partial charge on any atom is 0.329 e. The Morgan fingerprint density at radius 3 is 2.57 bits per heavy atom. The molecule has 13 nitrogen and oxygen atoms in total. The molecular weight excluding hydrogens is 808 g/mol. The van der Waals surface area contributed by atoms with Crippen LogP contribution in [0.15, 0.2) is 66.7 Å². The third-order valence-electron chi connectivity index (χ3n) is 12.3. The Balaban J connectivity index is 0.960. The number of anilines is 1. The van der Waals surface area contributed by atoms with Gasteiger partial charge in [0.15, 0.2) is 23.0 Å². The summed E-state index contributed by atoms with van der Waals surface area (Å²) < 4.78 is 46.1. The summed E-state index contributed by atoms with van der Waals surface area (Å²) in [5.74, 6) is -2.76. The summed E-state index contributed by atoms with van der Waals surface area (Å²) in [7, 11) is 1.89. The molecule has 2 saturated heterocycles. The number of urea groups is 1. The zero-order valence-corrected chi connectivity index (χ0v) is 34.7. The van der Waals surface area contributed by atoms with Crippen molar-refractivity contribution in [3.63, 3.8) is 0 Å². The number of nitrogens with zero attached hydrogens (tertiary/aromatic N) is 4. The molecule has 3 aliphatic heterocycles. The molecule has 2 fully saturated rings. The van der Waals surface area contributed by atoms with Crippen LogP contribution in [0.2, 0.25) is 5.02 Å². The summed E-state index contributed by atoms with van der Waals surface area (Å²) in [6, 6.07) is 19.0. The number of fused-ring (bicyclic) bond motifs is 2. The van der Waals surface area contributed by atoms with Crippen molar-refractivity contribution in [1.82, 2.24) is 25.3 Å². The predicted molar refractivity (Wildman–Crippen MR) is 227 cm³/mol. The van der Waals surface area contributed by atoms with Crippen molar-refractivity contribution in [2.24, 2.45) is 12.8 Å². The zero-order valence-electron chi connectivity index (χ0n) is 34.0. The number of aryl methyl sites for hydroxylation is 1. The highest BCUT2D eigenvalue weighted by Gasteiger charge is 2.50. The molecule has 4 aromatic carbocycles. The second-order valence-corrected chi connectivity index (χ2v) is 16.2. The number of aliphatic hydroxyl groups excluding tert-OH is 1. The van der Waals surface area contributed by atoms with Crippen LogP contribution in [0.1, 0.15) is 71.5 Å². The van der Waals surface area contributed by atoms with Crippen molar-refractivity contribution in [2.75, 3.05) is 57.4 Å². The molecule has 4 heterocycles. The first kappa shape index (κ1) is 42.1. The average Bonchev–Trinajstić information content (AvgIpc) is 3.74. The van der Waals surface area contributed by atoms with E-state index in [9.17, 15) is 19.5 Å². The van der Waals surface area contributed by atoms with E-state index in [4.69, 9.17) is 31.9 Å². The lowest BCUT2D eigenvalue weighted by Crippen LogP contribution is -2.49. The Kier molecular flexibility index (Phi) is 12.0. The van der Waals surface area contributed by atoms with Crippen LogP contribution in [0.5, 0.6) is 11.5 Å². The number of carbonyl (C=O) groups excluding carboxylic acids is 3. The van der Waals surface area contributed by atoms with Gasteiger partial charge in [-0.1, -0.05) is 61.0 Å². The van der Waals surface area contributed by atoms with Crippen LogP contribution in [0.4, 0.5) is 19.4 Å². The molecule has 8 rings (SSSR count).